The summed E-state index contributed by atoms with van der Waals surface area (Å²) in [5, 5.41) is 7.56. The molecule has 0 aliphatic heterocycles. The number of aryl methyl sites for hydroxylation is 1. The van der Waals surface area contributed by atoms with E-state index in [1.54, 1.807) is 20.8 Å². The van der Waals surface area contributed by atoms with Gasteiger partial charge in [-0.1, -0.05) is 99.2 Å². The Morgan fingerprint density at radius 3 is 2.22 bits per heavy atom. The highest BCUT2D eigenvalue weighted by Crippen LogP contribution is 2.27. The van der Waals surface area contributed by atoms with Crippen LogP contribution in [0.3, 0.4) is 0 Å². The minimum absolute atomic E-state index is 0.236. The molecule has 3 aromatic rings. The minimum Gasteiger partial charge on any atom is -0.444 e. The molecule has 0 fully saturated rings. The van der Waals surface area contributed by atoms with Gasteiger partial charge in [0.1, 0.15) is 17.7 Å². The van der Waals surface area contributed by atoms with Gasteiger partial charge in [0.05, 0.1) is 6.42 Å². The van der Waals surface area contributed by atoms with E-state index in [1.807, 2.05) is 73.7 Å². The third-order valence-electron chi connectivity index (χ3n) is 7.36. The van der Waals surface area contributed by atoms with E-state index in [9.17, 15) is 19.2 Å². The van der Waals surface area contributed by atoms with Crippen molar-refractivity contribution in [3.63, 3.8) is 0 Å². The van der Waals surface area contributed by atoms with Crippen LogP contribution in [-0.4, -0.2) is 46.9 Å². The molecule has 45 heavy (non-hydrogen) atoms. The van der Waals surface area contributed by atoms with Crippen molar-refractivity contribution in [1.29, 1.82) is 0 Å². The standard InChI is InChI=1S/C36H48N4O5/c1-6-7-8-9-10-13-21-40(34(43)30(24-31(37)41)39-35(44)45-36(3,4)5)32(28-18-14-15-25(2)22-28)33(42)38-29-20-19-26-16-11-12-17-27(26)23-29/h11-12,14-20,22-23,30,32H,6-10,13,21,24H2,1-5H3,(H2,37,41)(H,38,42)(H,39,44). The summed E-state index contributed by atoms with van der Waals surface area (Å²) in [5.41, 5.74) is 6.83. The zero-order valence-electron chi connectivity index (χ0n) is 27.2. The monoisotopic (exact) mass is 616 g/mol. The largest absolute Gasteiger partial charge is 0.444 e. The molecule has 0 radical (unpaired) electrons. The van der Waals surface area contributed by atoms with E-state index in [4.69, 9.17) is 10.5 Å². The second-order valence-corrected chi connectivity index (χ2v) is 12.5. The second-order valence-electron chi connectivity index (χ2n) is 12.5. The maximum atomic E-state index is 14.3. The Morgan fingerprint density at radius 2 is 1.56 bits per heavy atom. The Hall–Kier alpha value is -4.40. The van der Waals surface area contributed by atoms with E-state index >= 15 is 0 Å². The van der Waals surface area contributed by atoms with E-state index in [0.717, 1.165) is 48.4 Å². The molecule has 0 saturated carbocycles. The van der Waals surface area contributed by atoms with Gasteiger partial charge in [-0.05, 0) is 62.6 Å². The first-order valence-corrected chi connectivity index (χ1v) is 15.8. The molecule has 3 aromatic carbocycles. The average Bonchev–Trinajstić information content (AvgIpc) is 2.96. The molecule has 242 valence electrons. The average molecular weight is 617 g/mol. The van der Waals surface area contributed by atoms with E-state index in [0.29, 0.717) is 17.7 Å². The van der Waals surface area contributed by atoms with Gasteiger partial charge in [-0.2, -0.15) is 0 Å². The summed E-state index contributed by atoms with van der Waals surface area (Å²) in [5.74, 6) is -1.77. The zero-order valence-corrected chi connectivity index (χ0v) is 27.2. The number of nitrogens with two attached hydrogens (primary N) is 1. The molecule has 9 nitrogen and oxygen atoms in total. The number of amides is 4. The lowest BCUT2D eigenvalue weighted by Crippen LogP contribution is -2.53. The van der Waals surface area contributed by atoms with Gasteiger partial charge in [-0.25, -0.2) is 4.79 Å². The molecule has 2 atom stereocenters. The molecular formula is C36H48N4O5. The Balaban J connectivity index is 2.02. The molecular weight excluding hydrogens is 568 g/mol. The van der Waals surface area contributed by atoms with Gasteiger partial charge < -0.3 is 26.0 Å². The highest BCUT2D eigenvalue weighted by atomic mass is 16.6. The topological polar surface area (TPSA) is 131 Å². The van der Waals surface area contributed by atoms with Crippen molar-refractivity contribution < 1.29 is 23.9 Å². The summed E-state index contributed by atoms with van der Waals surface area (Å²) in [6, 6.07) is 18.6. The van der Waals surface area contributed by atoms with Gasteiger partial charge in [-0.3, -0.25) is 14.4 Å². The highest BCUT2D eigenvalue weighted by molar-refractivity contribution is 6.01. The molecule has 0 bridgehead atoms. The molecule has 0 spiro atoms. The van der Waals surface area contributed by atoms with Crippen molar-refractivity contribution >= 4 is 40.3 Å². The fourth-order valence-electron chi connectivity index (χ4n) is 5.27. The Bertz CT molecular complexity index is 1470. The first kappa shape index (κ1) is 35.1. The van der Waals surface area contributed by atoms with E-state index in [-0.39, 0.29) is 6.54 Å². The number of carbonyl (C=O) groups is 4. The lowest BCUT2D eigenvalue weighted by atomic mass is 9.99. The van der Waals surface area contributed by atoms with Crippen LogP contribution in [0.15, 0.2) is 66.7 Å². The number of alkyl carbamates (subject to hydrolysis) is 1. The lowest BCUT2D eigenvalue weighted by Gasteiger charge is -2.34. The van der Waals surface area contributed by atoms with Crippen molar-refractivity contribution in [3.05, 3.63) is 77.9 Å². The van der Waals surface area contributed by atoms with Crippen LogP contribution in [0.2, 0.25) is 0 Å². The number of unbranched alkanes of at least 4 members (excludes halogenated alkanes) is 5. The second kappa shape index (κ2) is 16.6. The maximum Gasteiger partial charge on any atom is 0.408 e. The summed E-state index contributed by atoms with van der Waals surface area (Å²) in [6.07, 6.45) is 4.51. The molecule has 0 aliphatic rings. The van der Waals surface area contributed by atoms with Crippen LogP contribution in [0.5, 0.6) is 0 Å². The molecule has 0 aliphatic carbocycles. The summed E-state index contributed by atoms with van der Waals surface area (Å²) in [7, 11) is 0. The number of ether oxygens (including phenoxy) is 1. The van der Waals surface area contributed by atoms with Crippen LogP contribution in [0.25, 0.3) is 10.8 Å². The van der Waals surface area contributed by atoms with E-state index in [2.05, 4.69) is 17.6 Å². The molecule has 4 amide bonds. The quantitative estimate of drug-likeness (QED) is 0.162. The van der Waals surface area contributed by atoms with E-state index < -0.39 is 47.9 Å². The van der Waals surface area contributed by atoms with Gasteiger partial charge >= 0.3 is 6.09 Å². The third-order valence-corrected chi connectivity index (χ3v) is 7.36. The van der Waals surface area contributed by atoms with Crippen LogP contribution in [-0.2, 0) is 19.1 Å². The van der Waals surface area contributed by atoms with Crippen LogP contribution < -0.4 is 16.4 Å². The van der Waals surface area contributed by atoms with E-state index in [1.165, 1.54) is 4.90 Å². The van der Waals surface area contributed by atoms with Gasteiger partial charge in [-0.15, -0.1) is 0 Å². The number of carbonyl (C=O) groups excluding carboxylic acids is 4. The molecule has 9 heteroatoms. The Labute approximate surface area is 266 Å². The van der Waals surface area contributed by atoms with Gasteiger partial charge in [0.2, 0.25) is 11.8 Å². The van der Waals surface area contributed by atoms with Crippen LogP contribution in [0, 0.1) is 6.92 Å². The molecule has 4 N–H and O–H groups in total. The Morgan fingerprint density at radius 1 is 0.867 bits per heavy atom. The number of nitrogens with zero attached hydrogens (tertiary/aromatic N) is 1. The normalized spacial score (nSPS) is 12.6. The molecule has 0 saturated heterocycles. The molecule has 3 rings (SSSR count). The molecule has 0 heterocycles. The predicted molar refractivity (Wildman–Crippen MR) is 179 cm³/mol. The minimum atomic E-state index is -1.32. The fraction of sp³-hybridized carbons (Fsp3) is 0.444. The number of hydrogen-bond donors (Lipinski definition) is 3. The number of fused-ring (bicyclic) bond motifs is 1. The number of rotatable bonds is 15. The van der Waals surface area contributed by atoms with Crippen molar-refractivity contribution in [3.8, 4) is 0 Å². The molecule has 0 aromatic heterocycles. The van der Waals surface area contributed by atoms with Crippen molar-refractivity contribution in [1.82, 2.24) is 10.2 Å². The van der Waals surface area contributed by atoms with Crippen molar-refractivity contribution in [2.75, 3.05) is 11.9 Å². The summed E-state index contributed by atoms with van der Waals surface area (Å²) in [4.78, 5) is 54.9. The summed E-state index contributed by atoms with van der Waals surface area (Å²) >= 11 is 0. The SMILES string of the molecule is CCCCCCCCN(C(=O)C(CC(N)=O)NC(=O)OC(C)(C)C)C(C(=O)Nc1ccc2ccccc2c1)c1cccc(C)c1. The number of anilines is 1. The Kier molecular flexibility index (Phi) is 12.9. The van der Waals surface area contributed by atoms with Gasteiger partial charge in [0.25, 0.3) is 5.91 Å². The number of primary amides is 1. The number of nitrogens with one attached hydrogen (secondary N) is 2. The van der Waals surface area contributed by atoms with Gasteiger partial charge in [0.15, 0.2) is 0 Å². The lowest BCUT2D eigenvalue weighted by molar-refractivity contribution is -0.142. The first-order valence-electron chi connectivity index (χ1n) is 15.8. The van der Waals surface area contributed by atoms with Gasteiger partial charge in [0, 0.05) is 12.2 Å². The fourth-order valence-corrected chi connectivity index (χ4v) is 5.27. The summed E-state index contributed by atoms with van der Waals surface area (Å²) in [6.45, 7) is 9.41. The molecule has 2 unspecified atom stereocenters. The third kappa shape index (κ3) is 11.2. The zero-order chi connectivity index (χ0) is 33.0. The number of hydrogen-bond acceptors (Lipinski definition) is 5. The highest BCUT2D eigenvalue weighted by Gasteiger charge is 2.37. The smallest absolute Gasteiger partial charge is 0.408 e. The first-order chi connectivity index (χ1) is 21.4. The van der Waals surface area contributed by atoms with Crippen molar-refractivity contribution in [2.45, 2.75) is 97.2 Å². The maximum absolute atomic E-state index is 14.3. The van der Waals surface area contributed by atoms with Crippen LogP contribution in [0.1, 0.15) is 89.8 Å². The predicted octanol–water partition coefficient (Wildman–Crippen LogP) is 6.79. The number of benzene rings is 3. The summed E-state index contributed by atoms with van der Waals surface area (Å²) < 4.78 is 5.39. The van der Waals surface area contributed by atoms with Crippen LogP contribution in [0.4, 0.5) is 10.5 Å². The van der Waals surface area contributed by atoms with Crippen molar-refractivity contribution in [2.24, 2.45) is 5.73 Å². The van der Waals surface area contributed by atoms with Crippen LogP contribution >= 0.6 is 0 Å².